The summed E-state index contributed by atoms with van der Waals surface area (Å²) in [4.78, 5) is 0. The van der Waals surface area contributed by atoms with Crippen molar-refractivity contribution in [2.45, 2.75) is 20.3 Å². The molecule has 0 aliphatic heterocycles. The molecule has 1 rings (SSSR count). The number of rotatable bonds is 8. The van der Waals surface area contributed by atoms with Crippen molar-refractivity contribution in [3.63, 3.8) is 0 Å². The Hall–Kier alpha value is -0.860. The molecule has 1 atom stereocenters. The maximum absolute atomic E-state index is 3.56. The molecule has 0 heterocycles. The van der Waals surface area contributed by atoms with Gasteiger partial charge in [-0.3, -0.25) is 0 Å². The highest BCUT2D eigenvalue weighted by Crippen LogP contribution is 2.08. The smallest absolute Gasteiger partial charge is 0.000580 e. The molecule has 2 nitrogen and oxygen atoms in total. The molecule has 1 unspecified atom stereocenters. The highest BCUT2D eigenvalue weighted by molar-refractivity contribution is 5.14. The lowest BCUT2D eigenvalue weighted by molar-refractivity contribution is 0.354. The van der Waals surface area contributed by atoms with Crippen molar-refractivity contribution in [2.24, 2.45) is 11.8 Å². The Kier molecular flexibility index (Phi) is 6.90. The minimum atomic E-state index is 0.718. The number of nitrogens with one attached hydrogen (secondary N) is 2. The van der Waals surface area contributed by atoms with Gasteiger partial charge in [0.2, 0.25) is 0 Å². The van der Waals surface area contributed by atoms with E-state index in [1.54, 1.807) is 0 Å². The summed E-state index contributed by atoms with van der Waals surface area (Å²) in [5.41, 5.74) is 1.41. The molecule has 0 fully saturated rings. The first-order valence-electron chi connectivity index (χ1n) is 6.63. The van der Waals surface area contributed by atoms with Crippen LogP contribution in [-0.4, -0.2) is 26.7 Å². The van der Waals surface area contributed by atoms with Crippen LogP contribution in [0.5, 0.6) is 0 Å². The van der Waals surface area contributed by atoms with E-state index in [1.165, 1.54) is 5.56 Å². The van der Waals surface area contributed by atoms with Crippen LogP contribution >= 0.6 is 0 Å². The van der Waals surface area contributed by atoms with Gasteiger partial charge >= 0.3 is 0 Å². The molecule has 0 saturated heterocycles. The topological polar surface area (TPSA) is 24.1 Å². The fourth-order valence-electron chi connectivity index (χ4n) is 1.97. The van der Waals surface area contributed by atoms with Crippen molar-refractivity contribution in [1.29, 1.82) is 0 Å². The Bertz CT molecular complexity index is 282. The Morgan fingerprint density at radius 3 is 2.35 bits per heavy atom. The molecule has 0 aromatic heterocycles. The minimum absolute atomic E-state index is 0.718. The zero-order valence-corrected chi connectivity index (χ0v) is 11.4. The molecule has 2 heteroatoms. The van der Waals surface area contributed by atoms with E-state index in [-0.39, 0.29) is 0 Å². The summed E-state index contributed by atoms with van der Waals surface area (Å²) in [7, 11) is 2.03. The van der Waals surface area contributed by atoms with Crippen molar-refractivity contribution < 1.29 is 0 Å². The molecule has 96 valence electrons. The van der Waals surface area contributed by atoms with Crippen molar-refractivity contribution in [1.82, 2.24) is 10.6 Å². The van der Waals surface area contributed by atoms with Crippen LogP contribution in [-0.2, 0) is 6.42 Å². The molecule has 2 N–H and O–H groups in total. The molecule has 0 saturated carbocycles. The highest BCUT2D eigenvalue weighted by Gasteiger charge is 2.11. The van der Waals surface area contributed by atoms with Crippen LogP contribution in [0, 0.1) is 11.8 Å². The second kappa shape index (κ2) is 8.26. The highest BCUT2D eigenvalue weighted by atomic mass is 14.9. The van der Waals surface area contributed by atoms with Crippen molar-refractivity contribution >= 4 is 0 Å². The number of hydrogen-bond donors (Lipinski definition) is 2. The number of hydrogen-bond acceptors (Lipinski definition) is 2. The molecule has 0 aliphatic rings. The Morgan fingerprint density at radius 1 is 1.06 bits per heavy atom. The van der Waals surface area contributed by atoms with E-state index in [0.29, 0.717) is 0 Å². The average Bonchev–Trinajstić information content (AvgIpc) is 2.34. The molecule has 1 aromatic carbocycles. The second-order valence-corrected chi connectivity index (χ2v) is 5.00. The van der Waals surface area contributed by atoms with Crippen molar-refractivity contribution in [2.75, 3.05) is 26.7 Å². The van der Waals surface area contributed by atoms with Crippen LogP contribution in [0.3, 0.4) is 0 Å². The first kappa shape index (κ1) is 14.2. The summed E-state index contributed by atoms with van der Waals surface area (Å²) >= 11 is 0. The zero-order chi connectivity index (χ0) is 12.5. The van der Waals surface area contributed by atoms with Gasteiger partial charge in [-0.2, -0.15) is 0 Å². The maximum Gasteiger partial charge on any atom is -0.000580 e. The quantitative estimate of drug-likeness (QED) is 0.675. The van der Waals surface area contributed by atoms with Crippen molar-refractivity contribution in [3.8, 4) is 0 Å². The lowest BCUT2D eigenvalue weighted by Gasteiger charge is -2.21. The van der Waals surface area contributed by atoms with Gasteiger partial charge in [0.15, 0.2) is 0 Å². The first-order valence-corrected chi connectivity index (χ1v) is 6.63. The van der Waals surface area contributed by atoms with Gasteiger partial charge in [0.05, 0.1) is 0 Å². The van der Waals surface area contributed by atoms with E-state index >= 15 is 0 Å². The molecule has 0 aliphatic carbocycles. The second-order valence-electron chi connectivity index (χ2n) is 5.00. The molecule has 0 bridgehead atoms. The maximum atomic E-state index is 3.56. The van der Waals surface area contributed by atoms with Gasteiger partial charge in [0, 0.05) is 0 Å². The summed E-state index contributed by atoms with van der Waals surface area (Å²) in [6.07, 6.45) is 1.12. The van der Waals surface area contributed by atoms with Gasteiger partial charge < -0.3 is 10.6 Å². The summed E-state index contributed by atoms with van der Waals surface area (Å²) in [5.74, 6) is 1.45. The van der Waals surface area contributed by atoms with Gasteiger partial charge in [0.25, 0.3) is 0 Å². The Labute approximate surface area is 106 Å². The third-order valence-electron chi connectivity index (χ3n) is 3.25. The normalized spacial score (nSPS) is 12.9. The first-order chi connectivity index (χ1) is 8.24. The molecular weight excluding hydrogens is 208 g/mol. The van der Waals surface area contributed by atoms with E-state index in [0.717, 1.165) is 37.9 Å². The van der Waals surface area contributed by atoms with Crippen LogP contribution in [0.15, 0.2) is 30.3 Å². The molecule has 0 radical (unpaired) electrons. The Morgan fingerprint density at radius 2 is 1.76 bits per heavy atom. The summed E-state index contributed by atoms with van der Waals surface area (Å²) in [6, 6.07) is 10.7. The lowest BCUT2D eigenvalue weighted by atomic mass is 9.96. The van der Waals surface area contributed by atoms with Gasteiger partial charge in [-0.05, 0) is 50.5 Å². The zero-order valence-electron chi connectivity index (χ0n) is 11.4. The van der Waals surface area contributed by atoms with E-state index in [9.17, 15) is 0 Å². The average molecular weight is 234 g/mol. The van der Waals surface area contributed by atoms with E-state index in [1.807, 2.05) is 7.05 Å². The van der Waals surface area contributed by atoms with Crippen LogP contribution in [0.4, 0.5) is 0 Å². The Balaban J connectivity index is 2.18. The molecule has 1 aromatic rings. The molecule has 17 heavy (non-hydrogen) atoms. The number of benzene rings is 1. The largest absolute Gasteiger partial charge is 0.319 e. The third kappa shape index (κ3) is 5.85. The van der Waals surface area contributed by atoms with Crippen LogP contribution < -0.4 is 10.6 Å². The fraction of sp³-hybridized carbons (Fsp3) is 0.600. The van der Waals surface area contributed by atoms with E-state index in [2.05, 4.69) is 54.8 Å². The van der Waals surface area contributed by atoms with E-state index < -0.39 is 0 Å². The summed E-state index contributed by atoms with van der Waals surface area (Å²) in [5, 5.41) is 6.83. The van der Waals surface area contributed by atoms with Crippen LogP contribution in [0.1, 0.15) is 19.4 Å². The summed E-state index contributed by atoms with van der Waals surface area (Å²) in [6.45, 7) is 7.85. The molecular formula is C15H26N2. The van der Waals surface area contributed by atoms with Crippen molar-refractivity contribution in [3.05, 3.63) is 35.9 Å². The predicted molar refractivity (Wildman–Crippen MR) is 75.3 cm³/mol. The van der Waals surface area contributed by atoms with Gasteiger partial charge in [-0.1, -0.05) is 44.2 Å². The van der Waals surface area contributed by atoms with Crippen LogP contribution in [0.25, 0.3) is 0 Å². The summed E-state index contributed by atoms with van der Waals surface area (Å²) < 4.78 is 0. The van der Waals surface area contributed by atoms with Gasteiger partial charge in [-0.15, -0.1) is 0 Å². The van der Waals surface area contributed by atoms with Crippen LogP contribution in [0.2, 0.25) is 0 Å². The minimum Gasteiger partial charge on any atom is -0.319 e. The lowest BCUT2D eigenvalue weighted by Crippen LogP contribution is -2.34. The monoisotopic (exact) mass is 234 g/mol. The third-order valence-corrected chi connectivity index (χ3v) is 3.25. The van der Waals surface area contributed by atoms with Gasteiger partial charge in [0.1, 0.15) is 0 Å². The SMILES string of the molecule is CNCC(CNCCc1ccccc1)C(C)C. The predicted octanol–water partition coefficient (Wildman–Crippen LogP) is 2.31. The molecule has 0 amide bonds. The standard InChI is InChI=1S/C15H26N2/c1-13(2)15(11-16-3)12-17-10-9-14-7-5-4-6-8-14/h4-8,13,15-17H,9-12H2,1-3H3. The van der Waals surface area contributed by atoms with E-state index in [4.69, 9.17) is 0 Å². The van der Waals surface area contributed by atoms with Gasteiger partial charge in [-0.25, -0.2) is 0 Å². The fourth-order valence-corrected chi connectivity index (χ4v) is 1.97. The molecule has 0 spiro atoms.